The van der Waals surface area contributed by atoms with E-state index in [1.807, 2.05) is 0 Å². The van der Waals surface area contributed by atoms with Crippen molar-refractivity contribution in [3.63, 3.8) is 0 Å². The molecule has 0 aliphatic carbocycles. The van der Waals surface area contributed by atoms with Crippen LogP contribution in [0.2, 0.25) is 0 Å². The third-order valence-electron chi connectivity index (χ3n) is 0.808. The standard InChI is InChI=1S/C5H13N.H2O4S/c1-2-3-4-5-6;1-5(2,3)4/h2-6H2,1H3;(H2,1,2,3,4). The van der Waals surface area contributed by atoms with Crippen LogP contribution in [-0.4, -0.2) is 24.1 Å². The Morgan fingerprint density at radius 3 is 1.73 bits per heavy atom. The summed E-state index contributed by atoms with van der Waals surface area (Å²) in [6.45, 7) is 3.03. The summed E-state index contributed by atoms with van der Waals surface area (Å²) in [6, 6.07) is 0. The molecule has 0 saturated carbocycles. The Morgan fingerprint density at radius 1 is 1.27 bits per heavy atom. The second kappa shape index (κ2) is 7.93. The Morgan fingerprint density at radius 2 is 1.64 bits per heavy atom. The average molecular weight is 185 g/mol. The predicted octanol–water partition coefficient (Wildman–Crippen LogP) is 0.483. The highest BCUT2D eigenvalue weighted by molar-refractivity contribution is 7.79. The lowest BCUT2D eigenvalue weighted by Gasteiger charge is -1.86. The highest BCUT2D eigenvalue weighted by atomic mass is 32.3. The van der Waals surface area contributed by atoms with Crippen molar-refractivity contribution in [3.05, 3.63) is 0 Å². The minimum absolute atomic E-state index is 0.855. The first-order valence-electron chi connectivity index (χ1n) is 3.31. The van der Waals surface area contributed by atoms with Crippen molar-refractivity contribution >= 4 is 10.4 Å². The van der Waals surface area contributed by atoms with Crippen molar-refractivity contribution in [1.29, 1.82) is 0 Å². The SMILES string of the molecule is CCCCCN.O=S(=O)(O)O. The fourth-order valence-electron chi connectivity index (χ4n) is 0.394. The van der Waals surface area contributed by atoms with Gasteiger partial charge in [0.15, 0.2) is 0 Å². The van der Waals surface area contributed by atoms with Gasteiger partial charge in [0.2, 0.25) is 0 Å². The van der Waals surface area contributed by atoms with E-state index in [0.29, 0.717) is 0 Å². The number of nitrogens with two attached hydrogens (primary N) is 1. The van der Waals surface area contributed by atoms with Crippen LogP contribution >= 0.6 is 0 Å². The lowest BCUT2D eigenvalue weighted by atomic mass is 10.3. The molecule has 4 N–H and O–H groups in total. The normalized spacial score (nSPS) is 10.2. The fourth-order valence-corrected chi connectivity index (χ4v) is 0.394. The van der Waals surface area contributed by atoms with Crippen LogP contribution in [0.5, 0.6) is 0 Å². The van der Waals surface area contributed by atoms with E-state index >= 15 is 0 Å². The van der Waals surface area contributed by atoms with Gasteiger partial charge in [-0.05, 0) is 13.0 Å². The molecule has 6 heteroatoms. The highest BCUT2D eigenvalue weighted by Gasteiger charge is 1.84. The maximum Gasteiger partial charge on any atom is 0.394 e. The number of hydrogen-bond donors (Lipinski definition) is 3. The van der Waals surface area contributed by atoms with Crippen LogP contribution < -0.4 is 5.73 Å². The van der Waals surface area contributed by atoms with E-state index in [4.69, 9.17) is 23.3 Å². The summed E-state index contributed by atoms with van der Waals surface area (Å²) in [5.74, 6) is 0. The molecule has 0 aliphatic rings. The summed E-state index contributed by atoms with van der Waals surface area (Å²) >= 11 is 0. The number of unbranched alkanes of at least 4 members (excludes halogenated alkanes) is 2. The molecule has 0 saturated heterocycles. The quantitative estimate of drug-likeness (QED) is 0.438. The molecule has 5 nitrogen and oxygen atoms in total. The van der Waals surface area contributed by atoms with E-state index in [9.17, 15) is 0 Å². The Hall–Kier alpha value is -0.170. The molecule has 0 amide bonds. The first-order chi connectivity index (χ1) is 4.91. The summed E-state index contributed by atoms with van der Waals surface area (Å²) in [5, 5.41) is 0. The second-order valence-electron chi connectivity index (χ2n) is 1.94. The number of rotatable bonds is 3. The van der Waals surface area contributed by atoms with Gasteiger partial charge in [-0.25, -0.2) is 0 Å². The first-order valence-corrected chi connectivity index (χ1v) is 4.71. The summed E-state index contributed by atoms with van der Waals surface area (Å²) in [7, 11) is -4.67. The molecule has 0 aromatic carbocycles. The first kappa shape index (κ1) is 13.4. The smallest absolute Gasteiger partial charge is 0.330 e. The zero-order valence-corrected chi connectivity index (χ0v) is 7.34. The molecule has 0 fully saturated rings. The van der Waals surface area contributed by atoms with Gasteiger partial charge in [-0.3, -0.25) is 9.11 Å². The molecule has 0 unspecified atom stereocenters. The molecule has 0 spiro atoms. The van der Waals surface area contributed by atoms with Gasteiger partial charge in [0.05, 0.1) is 0 Å². The molecular weight excluding hydrogens is 170 g/mol. The Balaban J connectivity index is 0. The van der Waals surface area contributed by atoms with Gasteiger partial charge in [0.25, 0.3) is 0 Å². The van der Waals surface area contributed by atoms with E-state index in [2.05, 4.69) is 6.92 Å². The molecule has 0 aliphatic heterocycles. The summed E-state index contributed by atoms with van der Waals surface area (Å²) in [4.78, 5) is 0. The molecule has 0 bridgehead atoms. The van der Waals surface area contributed by atoms with Crippen LogP contribution in [0.3, 0.4) is 0 Å². The molecule has 11 heavy (non-hydrogen) atoms. The topological polar surface area (TPSA) is 101 Å². The predicted molar refractivity (Wildman–Crippen MR) is 42.8 cm³/mol. The summed E-state index contributed by atoms with van der Waals surface area (Å²) in [6.07, 6.45) is 3.75. The molecule has 0 aromatic heterocycles. The third-order valence-corrected chi connectivity index (χ3v) is 0.808. The van der Waals surface area contributed by atoms with E-state index in [-0.39, 0.29) is 0 Å². The van der Waals surface area contributed by atoms with E-state index in [1.54, 1.807) is 0 Å². The van der Waals surface area contributed by atoms with E-state index in [1.165, 1.54) is 19.3 Å². The average Bonchev–Trinajstić information content (AvgIpc) is 1.79. The van der Waals surface area contributed by atoms with Crippen LogP contribution in [0.25, 0.3) is 0 Å². The summed E-state index contributed by atoms with van der Waals surface area (Å²) < 4.78 is 31.6. The minimum Gasteiger partial charge on any atom is -0.330 e. The Kier molecular flexibility index (Phi) is 9.68. The molecular formula is C5H15NO4S. The van der Waals surface area contributed by atoms with Gasteiger partial charge in [0.1, 0.15) is 0 Å². The van der Waals surface area contributed by atoms with E-state index in [0.717, 1.165) is 6.54 Å². The van der Waals surface area contributed by atoms with Crippen molar-refractivity contribution in [2.24, 2.45) is 5.73 Å². The molecule has 0 atom stereocenters. The van der Waals surface area contributed by atoms with Crippen molar-refractivity contribution in [2.75, 3.05) is 6.54 Å². The lowest BCUT2D eigenvalue weighted by molar-refractivity contribution is 0.381. The van der Waals surface area contributed by atoms with Gasteiger partial charge < -0.3 is 5.73 Å². The zero-order valence-electron chi connectivity index (χ0n) is 6.52. The van der Waals surface area contributed by atoms with Crippen LogP contribution in [0.15, 0.2) is 0 Å². The van der Waals surface area contributed by atoms with Crippen molar-refractivity contribution in [3.8, 4) is 0 Å². The van der Waals surface area contributed by atoms with Gasteiger partial charge in [0, 0.05) is 0 Å². The molecule has 70 valence electrons. The maximum absolute atomic E-state index is 8.74. The molecule has 0 rings (SSSR count). The van der Waals surface area contributed by atoms with Crippen LogP contribution in [0.1, 0.15) is 26.2 Å². The fraction of sp³-hybridized carbons (Fsp3) is 1.00. The zero-order chi connectivity index (χ0) is 9.33. The Labute approximate surface area is 67.2 Å². The monoisotopic (exact) mass is 185 g/mol. The van der Waals surface area contributed by atoms with Gasteiger partial charge in [-0.15, -0.1) is 0 Å². The van der Waals surface area contributed by atoms with E-state index < -0.39 is 10.4 Å². The largest absolute Gasteiger partial charge is 0.394 e. The second-order valence-corrected chi connectivity index (χ2v) is 2.84. The van der Waals surface area contributed by atoms with Crippen LogP contribution in [-0.2, 0) is 10.4 Å². The van der Waals surface area contributed by atoms with Gasteiger partial charge in [-0.2, -0.15) is 8.42 Å². The third kappa shape index (κ3) is 75.2. The van der Waals surface area contributed by atoms with Crippen molar-refractivity contribution in [1.82, 2.24) is 0 Å². The van der Waals surface area contributed by atoms with Crippen molar-refractivity contribution < 1.29 is 17.5 Å². The van der Waals surface area contributed by atoms with Crippen LogP contribution in [0.4, 0.5) is 0 Å². The van der Waals surface area contributed by atoms with Gasteiger partial charge in [-0.1, -0.05) is 19.8 Å². The molecule has 0 radical (unpaired) electrons. The number of hydrogen-bond acceptors (Lipinski definition) is 3. The molecule has 0 aromatic rings. The Bertz CT molecular complexity index is 142. The van der Waals surface area contributed by atoms with Crippen molar-refractivity contribution in [2.45, 2.75) is 26.2 Å². The van der Waals surface area contributed by atoms with Gasteiger partial charge >= 0.3 is 10.4 Å². The summed E-state index contributed by atoms with van der Waals surface area (Å²) in [5.41, 5.74) is 5.21. The molecule has 0 heterocycles. The lowest BCUT2D eigenvalue weighted by Crippen LogP contribution is -1.96. The maximum atomic E-state index is 8.74. The van der Waals surface area contributed by atoms with Crippen LogP contribution in [0, 0.1) is 0 Å². The minimum atomic E-state index is -4.67. The highest BCUT2D eigenvalue weighted by Crippen LogP contribution is 1.88.